The molecule has 0 aliphatic rings. The van der Waals surface area contributed by atoms with Crippen molar-refractivity contribution in [1.29, 1.82) is 0 Å². The van der Waals surface area contributed by atoms with Crippen LogP contribution in [-0.4, -0.2) is 0 Å². The number of fused-ring (bicyclic) bond motifs is 7. The van der Waals surface area contributed by atoms with Gasteiger partial charge in [0.2, 0.25) is 0 Å². The molecule has 0 aliphatic carbocycles. The minimum absolute atomic E-state index is 0.907. The second-order valence-corrected chi connectivity index (χ2v) is 15.1. The van der Waals surface area contributed by atoms with Crippen LogP contribution in [0.3, 0.4) is 0 Å². The molecule has 258 valence electrons. The molecule has 2 heterocycles. The molecular formula is C52H33NOS. The fraction of sp³-hybridized carbons (Fsp3) is 0. The van der Waals surface area contributed by atoms with E-state index in [-0.39, 0.29) is 0 Å². The van der Waals surface area contributed by atoms with E-state index >= 15 is 0 Å². The van der Waals surface area contributed by atoms with Crippen molar-refractivity contribution in [2.75, 3.05) is 4.90 Å². The number of hydrogen-bond acceptors (Lipinski definition) is 3. The molecule has 0 bridgehead atoms. The summed E-state index contributed by atoms with van der Waals surface area (Å²) in [5.74, 6) is 0. The first-order valence-electron chi connectivity index (χ1n) is 18.7. The Labute approximate surface area is 322 Å². The highest BCUT2D eigenvalue weighted by atomic mass is 32.1. The minimum atomic E-state index is 0.907. The lowest BCUT2D eigenvalue weighted by atomic mass is 9.97. The SMILES string of the molecule is c1ccc(-c2ccc3c(sc4ccccc43)c2N(c2ccc(-c3ccc4oc5ccccc5c4c3)cc2)c2ccc(-c3cccc4ccccc34)cc2)cc1. The molecule has 0 N–H and O–H groups in total. The first-order chi connectivity index (χ1) is 27.3. The molecule has 3 heteroatoms. The fourth-order valence-corrected chi connectivity index (χ4v) is 9.47. The Hall–Kier alpha value is -6.94. The lowest BCUT2D eigenvalue weighted by molar-refractivity contribution is 0.669. The summed E-state index contributed by atoms with van der Waals surface area (Å²) >= 11 is 1.87. The molecule has 0 atom stereocenters. The number of rotatable bonds is 6. The molecule has 0 amide bonds. The Balaban J connectivity index is 1.11. The van der Waals surface area contributed by atoms with Gasteiger partial charge in [0.15, 0.2) is 0 Å². The van der Waals surface area contributed by atoms with Crippen LogP contribution in [0.4, 0.5) is 17.1 Å². The molecule has 0 unspecified atom stereocenters. The average Bonchev–Trinajstić information content (AvgIpc) is 3.83. The first-order valence-corrected chi connectivity index (χ1v) is 19.5. The van der Waals surface area contributed by atoms with E-state index in [1.807, 2.05) is 23.5 Å². The molecule has 2 aromatic heterocycles. The highest BCUT2D eigenvalue weighted by Gasteiger charge is 2.23. The van der Waals surface area contributed by atoms with E-state index in [2.05, 4.69) is 193 Å². The molecular weight excluding hydrogens is 687 g/mol. The second-order valence-electron chi connectivity index (χ2n) is 14.1. The summed E-state index contributed by atoms with van der Waals surface area (Å²) in [7, 11) is 0. The molecule has 0 radical (unpaired) electrons. The smallest absolute Gasteiger partial charge is 0.135 e. The lowest BCUT2D eigenvalue weighted by Crippen LogP contribution is -2.11. The Morgan fingerprint density at radius 3 is 1.80 bits per heavy atom. The summed E-state index contributed by atoms with van der Waals surface area (Å²) in [4.78, 5) is 2.46. The monoisotopic (exact) mass is 719 g/mol. The zero-order chi connectivity index (χ0) is 36.3. The van der Waals surface area contributed by atoms with Crippen LogP contribution in [-0.2, 0) is 0 Å². The molecule has 0 aliphatic heterocycles. The van der Waals surface area contributed by atoms with Gasteiger partial charge >= 0.3 is 0 Å². The predicted octanol–water partition coefficient (Wildman–Crippen LogP) is 15.6. The number of anilines is 3. The van der Waals surface area contributed by atoms with Crippen LogP contribution >= 0.6 is 11.3 Å². The third-order valence-electron chi connectivity index (χ3n) is 10.9. The zero-order valence-electron chi connectivity index (χ0n) is 29.8. The topological polar surface area (TPSA) is 16.4 Å². The van der Waals surface area contributed by atoms with Crippen molar-refractivity contribution >= 4 is 81.3 Å². The minimum Gasteiger partial charge on any atom is -0.456 e. The van der Waals surface area contributed by atoms with Gasteiger partial charge in [-0.2, -0.15) is 0 Å². The van der Waals surface area contributed by atoms with Gasteiger partial charge in [0.25, 0.3) is 0 Å². The van der Waals surface area contributed by atoms with Gasteiger partial charge in [0.05, 0.1) is 10.4 Å². The fourth-order valence-electron chi connectivity index (χ4n) is 8.23. The van der Waals surface area contributed by atoms with Crippen molar-refractivity contribution in [2.45, 2.75) is 0 Å². The summed E-state index contributed by atoms with van der Waals surface area (Å²) in [6, 6.07) is 72.3. The van der Waals surface area contributed by atoms with Gasteiger partial charge < -0.3 is 9.32 Å². The van der Waals surface area contributed by atoms with Crippen molar-refractivity contribution < 1.29 is 4.42 Å². The summed E-state index contributed by atoms with van der Waals surface area (Å²) in [6.45, 7) is 0. The molecule has 9 aromatic carbocycles. The molecule has 11 aromatic rings. The quantitative estimate of drug-likeness (QED) is 0.170. The maximum atomic E-state index is 6.15. The maximum Gasteiger partial charge on any atom is 0.135 e. The Morgan fingerprint density at radius 2 is 0.982 bits per heavy atom. The Morgan fingerprint density at radius 1 is 0.364 bits per heavy atom. The summed E-state index contributed by atoms with van der Waals surface area (Å²) in [5, 5.41) is 7.33. The van der Waals surface area contributed by atoms with Gasteiger partial charge in [-0.1, -0.05) is 152 Å². The molecule has 0 fully saturated rings. The van der Waals surface area contributed by atoms with E-state index in [1.54, 1.807) is 0 Å². The normalized spacial score (nSPS) is 11.6. The Kier molecular flexibility index (Phi) is 7.39. The van der Waals surface area contributed by atoms with Crippen molar-refractivity contribution in [2.24, 2.45) is 0 Å². The third-order valence-corrected chi connectivity index (χ3v) is 12.1. The van der Waals surface area contributed by atoms with Crippen LogP contribution in [0, 0.1) is 0 Å². The third kappa shape index (κ3) is 5.32. The van der Waals surface area contributed by atoms with Crippen molar-refractivity contribution in [3.8, 4) is 33.4 Å². The lowest BCUT2D eigenvalue weighted by Gasteiger charge is -2.29. The highest BCUT2D eigenvalue weighted by Crippen LogP contribution is 2.50. The molecule has 0 saturated heterocycles. The number of nitrogens with zero attached hydrogens (tertiary/aromatic N) is 1. The highest BCUT2D eigenvalue weighted by molar-refractivity contribution is 7.26. The van der Waals surface area contributed by atoms with Crippen molar-refractivity contribution in [3.05, 3.63) is 200 Å². The molecule has 55 heavy (non-hydrogen) atoms. The van der Waals surface area contributed by atoms with E-state index < -0.39 is 0 Å². The second kappa shape index (κ2) is 12.9. The number of furan rings is 1. The standard InChI is InChI=1S/C52H33NOS/c1-2-11-36(12-3-1)43-30-31-46-45-17-7-9-20-50(45)55-52(46)51(43)53(40-28-23-37(24-29-40)42-18-10-14-35-13-4-5-15-41(35)42)39-26-21-34(22-27-39)38-25-32-49-47(33-38)44-16-6-8-19-48(44)54-49/h1-33H. The van der Waals surface area contributed by atoms with Gasteiger partial charge in [-0.05, 0) is 87.1 Å². The largest absolute Gasteiger partial charge is 0.456 e. The van der Waals surface area contributed by atoms with E-state index in [0.29, 0.717) is 0 Å². The van der Waals surface area contributed by atoms with Gasteiger partial charge in [-0.25, -0.2) is 0 Å². The van der Waals surface area contributed by atoms with E-state index in [0.717, 1.165) is 44.4 Å². The van der Waals surface area contributed by atoms with E-state index in [4.69, 9.17) is 4.42 Å². The summed E-state index contributed by atoms with van der Waals surface area (Å²) in [5.41, 5.74) is 12.3. The maximum absolute atomic E-state index is 6.15. The molecule has 11 rings (SSSR count). The average molecular weight is 720 g/mol. The van der Waals surface area contributed by atoms with Gasteiger partial charge in [0.1, 0.15) is 11.2 Å². The van der Waals surface area contributed by atoms with Crippen molar-refractivity contribution in [3.63, 3.8) is 0 Å². The Bertz CT molecular complexity index is 3190. The first kappa shape index (κ1) is 31.6. The van der Waals surface area contributed by atoms with Crippen LogP contribution < -0.4 is 4.90 Å². The number of benzene rings is 9. The molecule has 2 nitrogen and oxygen atoms in total. The van der Waals surface area contributed by atoms with Gasteiger partial charge in [0, 0.05) is 43.2 Å². The van der Waals surface area contributed by atoms with Crippen molar-refractivity contribution in [1.82, 2.24) is 0 Å². The number of para-hydroxylation sites is 1. The van der Waals surface area contributed by atoms with Gasteiger partial charge in [-0.15, -0.1) is 11.3 Å². The zero-order valence-corrected chi connectivity index (χ0v) is 30.6. The van der Waals surface area contributed by atoms with Crippen LogP contribution in [0.25, 0.3) is 86.3 Å². The number of thiophene rings is 1. The van der Waals surface area contributed by atoms with E-state index in [9.17, 15) is 0 Å². The van der Waals surface area contributed by atoms with Crippen LogP contribution in [0.2, 0.25) is 0 Å². The number of hydrogen-bond donors (Lipinski definition) is 0. The van der Waals surface area contributed by atoms with Crippen LogP contribution in [0.1, 0.15) is 0 Å². The molecule has 0 saturated carbocycles. The van der Waals surface area contributed by atoms with E-state index in [1.165, 1.54) is 58.9 Å². The summed E-state index contributed by atoms with van der Waals surface area (Å²) < 4.78 is 8.70. The summed E-state index contributed by atoms with van der Waals surface area (Å²) in [6.07, 6.45) is 0. The predicted molar refractivity (Wildman–Crippen MR) is 235 cm³/mol. The van der Waals surface area contributed by atoms with Crippen LogP contribution in [0.5, 0.6) is 0 Å². The van der Waals surface area contributed by atoms with Crippen LogP contribution in [0.15, 0.2) is 205 Å². The van der Waals surface area contributed by atoms with Gasteiger partial charge in [-0.3, -0.25) is 0 Å². The molecule has 0 spiro atoms.